The van der Waals surface area contributed by atoms with E-state index in [1.165, 1.54) is 4.88 Å². The van der Waals surface area contributed by atoms with Crippen LogP contribution in [0.25, 0.3) is 0 Å². The molecule has 0 bridgehead atoms. The molecule has 1 heterocycles. The van der Waals surface area contributed by atoms with Gasteiger partial charge < -0.3 is 15.4 Å². The highest BCUT2D eigenvalue weighted by molar-refractivity contribution is 7.11. The lowest BCUT2D eigenvalue weighted by Crippen LogP contribution is -2.39. The molecule has 1 atom stereocenters. The van der Waals surface area contributed by atoms with Crippen molar-refractivity contribution in [1.29, 1.82) is 0 Å². The Kier molecular flexibility index (Phi) is 9.17. The fraction of sp³-hybridized carbons (Fsp3) is 0.765. The van der Waals surface area contributed by atoms with E-state index in [-0.39, 0.29) is 0 Å². The molecule has 5 nitrogen and oxygen atoms in total. The quantitative estimate of drug-likeness (QED) is 0.535. The monoisotopic (exact) mass is 340 g/mol. The Hall–Kier alpha value is -1.14. The van der Waals surface area contributed by atoms with Gasteiger partial charge in [0, 0.05) is 24.6 Å². The Labute approximate surface area is 145 Å². The summed E-state index contributed by atoms with van der Waals surface area (Å²) in [4.78, 5) is 10.4. The van der Waals surface area contributed by atoms with Crippen LogP contribution in [0.1, 0.15) is 49.7 Å². The minimum absolute atomic E-state index is 0.293. The first kappa shape index (κ1) is 19.9. The van der Waals surface area contributed by atoms with E-state index < -0.39 is 0 Å². The summed E-state index contributed by atoms with van der Waals surface area (Å²) < 4.78 is 5.79. The maximum absolute atomic E-state index is 5.79. The highest BCUT2D eigenvalue weighted by Gasteiger charge is 2.13. The van der Waals surface area contributed by atoms with E-state index in [1.807, 2.05) is 20.8 Å². The van der Waals surface area contributed by atoms with Crippen molar-refractivity contribution in [1.82, 2.24) is 15.6 Å². The lowest BCUT2D eigenvalue weighted by atomic mass is 10.0. The van der Waals surface area contributed by atoms with Crippen LogP contribution in [0.2, 0.25) is 0 Å². The Bertz CT molecular complexity index is 485. The molecule has 0 amide bonds. The molecule has 0 aliphatic heterocycles. The maximum atomic E-state index is 5.79. The predicted octanol–water partition coefficient (Wildman–Crippen LogP) is 3.27. The number of rotatable bonds is 9. The maximum Gasteiger partial charge on any atom is 0.191 e. The van der Waals surface area contributed by atoms with Crippen LogP contribution in [0, 0.1) is 19.8 Å². The number of thiazole rings is 1. The van der Waals surface area contributed by atoms with Gasteiger partial charge in [0.05, 0.1) is 23.4 Å². The van der Waals surface area contributed by atoms with E-state index in [2.05, 4.69) is 41.4 Å². The lowest BCUT2D eigenvalue weighted by Gasteiger charge is -2.21. The van der Waals surface area contributed by atoms with E-state index in [9.17, 15) is 0 Å². The largest absolute Gasteiger partial charge is 0.378 e. The number of aryl methyl sites for hydroxylation is 2. The Balaban J connectivity index is 2.53. The molecule has 1 rings (SSSR count). The van der Waals surface area contributed by atoms with E-state index in [0.29, 0.717) is 18.6 Å². The van der Waals surface area contributed by atoms with Gasteiger partial charge in [0.1, 0.15) is 0 Å². The van der Waals surface area contributed by atoms with E-state index in [0.717, 1.165) is 42.8 Å². The molecule has 0 aromatic carbocycles. The van der Waals surface area contributed by atoms with Gasteiger partial charge in [-0.2, -0.15) is 0 Å². The van der Waals surface area contributed by atoms with E-state index >= 15 is 0 Å². The zero-order valence-corrected chi connectivity index (χ0v) is 16.2. The molecule has 1 aromatic heterocycles. The second-order valence-electron chi connectivity index (χ2n) is 5.89. The van der Waals surface area contributed by atoms with Crippen molar-refractivity contribution in [3.8, 4) is 0 Å². The molecule has 1 unspecified atom stereocenters. The third-order valence-electron chi connectivity index (χ3n) is 3.57. The fourth-order valence-corrected chi connectivity index (χ4v) is 3.23. The summed E-state index contributed by atoms with van der Waals surface area (Å²) in [5.74, 6) is 1.39. The van der Waals surface area contributed by atoms with Crippen molar-refractivity contribution in [2.75, 3.05) is 19.7 Å². The zero-order chi connectivity index (χ0) is 17.2. The second kappa shape index (κ2) is 10.6. The average molecular weight is 341 g/mol. The smallest absolute Gasteiger partial charge is 0.191 e. The second-order valence-corrected chi connectivity index (χ2v) is 7.18. The van der Waals surface area contributed by atoms with Crippen LogP contribution in [0.4, 0.5) is 0 Å². The summed E-state index contributed by atoms with van der Waals surface area (Å²) in [7, 11) is 0. The molecule has 0 saturated heterocycles. The molecule has 2 N–H and O–H groups in total. The first-order valence-corrected chi connectivity index (χ1v) is 9.36. The van der Waals surface area contributed by atoms with Crippen molar-refractivity contribution >= 4 is 17.3 Å². The van der Waals surface area contributed by atoms with Gasteiger partial charge in [-0.15, -0.1) is 11.3 Å². The molecule has 0 saturated carbocycles. The van der Waals surface area contributed by atoms with Crippen LogP contribution in [-0.4, -0.2) is 36.7 Å². The van der Waals surface area contributed by atoms with Crippen LogP contribution in [0.15, 0.2) is 4.99 Å². The number of nitrogens with one attached hydrogen (secondary N) is 2. The molecule has 1 aromatic rings. The molecular formula is C17H32N4OS. The van der Waals surface area contributed by atoms with Gasteiger partial charge in [0.15, 0.2) is 5.96 Å². The van der Waals surface area contributed by atoms with Crippen LogP contribution < -0.4 is 10.6 Å². The van der Waals surface area contributed by atoms with Crippen LogP contribution in [0.5, 0.6) is 0 Å². The SMILES string of the molecule is CCNC(=NCc1sc(C)nc1C)NCCC(OCC)C(C)C. The van der Waals surface area contributed by atoms with Gasteiger partial charge in [-0.3, -0.25) is 0 Å². The number of nitrogens with zero attached hydrogens (tertiary/aromatic N) is 2. The number of ether oxygens (including phenoxy) is 1. The topological polar surface area (TPSA) is 58.5 Å². The van der Waals surface area contributed by atoms with Crippen LogP contribution in [0.3, 0.4) is 0 Å². The van der Waals surface area contributed by atoms with Gasteiger partial charge >= 0.3 is 0 Å². The number of guanidine groups is 1. The Morgan fingerprint density at radius 3 is 2.52 bits per heavy atom. The summed E-state index contributed by atoms with van der Waals surface area (Å²) in [5.41, 5.74) is 1.09. The molecule has 0 spiro atoms. The van der Waals surface area contributed by atoms with Crippen molar-refractivity contribution in [3.63, 3.8) is 0 Å². The molecule has 132 valence electrons. The molecule has 0 aliphatic carbocycles. The van der Waals surface area contributed by atoms with Gasteiger partial charge in [-0.05, 0) is 40.0 Å². The van der Waals surface area contributed by atoms with Crippen molar-refractivity contribution in [3.05, 3.63) is 15.6 Å². The molecule has 0 radical (unpaired) electrons. The van der Waals surface area contributed by atoms with Gasteiger partial charge in [-0.1, -0.05) is 13.8 Å². The minimum atomic E-state index is 0.293. The first-order chi connectivity index (χ1) is 11.0. The van der Waals surface area contributed by atoms with E-state index in [4.69, 9.17) is 4.74 Å². The fourth-order valence-electron chi connectivity index (χ4n) is 2.37. The number of aromatic nitrogens is 1. The summed E-state index contributed by atoms with van der Waals surface area (Å²) in [6, 6.07) is 0. The molecule has 23 heavy (non-hydrogen) atoms. The minimum Gasteiger partial charge on any atom is -0.378 e. The highest BCUT2D eigenvalue weighted by Crippen LogP contribution is 2.17. The van der Waals surface area contributed by atoms with Crippen LogP contribution >= 0.6 is 11.3 Å². The normalized spacial score (nSPS) is 13.4. The first-order valence-electron chi connectivity index (χ1n) is 8.54. The number of aliphatic imine (C=N–C) groups is 1. The predicted molar refractivity (Wildman–Crippen MR) is 99.3 cm³/mol. The average Bonchev–Trinajstić information content (AvgIpc) is 2.81. The third kappa shape index (κ3) is 7.31. The molecular weight excluding hydrogens is 308 g/mol. The molecule has 6 heteroatoms. The third-order valence-corrected chi connectivity index (χ3v) is 4.63. The number of hydrogen-bond donors (Lipinski definition) is 2. The van der Waals surface area contributed by atoms with Gasteiger partial charge in [0.25, 0.3) is 0 Å². The van der Waals surface area contributed by atoms with Crippen molar-refractivity contribution in [2.24, 2.45) is 10.9 Å². The summed E-state index contributed by atoms with van der Waals surface area (Å²) in [5, 5.41) is 7.80. The number of hydrogen-bond acceptors (Lipinski definition) is 4. The Morgan fingerprint density at radius 2 is 2.00 bits per heavy atom. The lowest BCUT2D eigenvalue weighted by molar-refractivity contribution is 0.0258. The van der Waals surface area contributed by atoms with Gasteiger partial charge in [-0.25, -0.2) is 9.98 Å². The highest BCUT2D eigenvalue weighted by atomic mass is 32.1. The zero-order valence-electron chi connectivity index (χ0n) is 15.4. The van der Waals surface area contributed by atoms with Crippen molar-refractivity contribution in [2.45, 2.75) is 60.6 Å². The van der Waals surface area contributed by atoms with Crippen LogP contribution in [-0.2, 0) is 11.3 Å². The van der Waals surface area contributed by atoms with Crippen molar-refractivity contribution < 1.29 is 4.74 Å². The molecule has 0 fully saturated rings. The summed E-state index contributed by atoms with van der Waals surface area (Å²) in [6.07, 6.45) is 1.27. The summed E-state index contributed by atoms with van der Waals surface area (Å²) in [6.45, 7) is 15.8. The standard InChI is InChI=1S/C17H32N4OS/c1-7-18-17(19-10-9-15(12(3)4)22-8-2)20-11-16-13(5)21-14(6)23-16/h12,15H,7-11H2,1-6H3,(H2,18,19,20). The molecule has 0 aliphatic rings. The Morgan fingerprint density at radius 1 is 1.26 bits per heavy atom. The summed E-state index contributed by atoms with van der Waals surface area (Å²) >= 11 is 1.72. The van der Waals surface area contributed by atoms with Gasteiger partial charge in [0.2, 0.25) is 0 Å². The van der Waals surface area contributed by atoms with E-state index in [1.54, 1.807) is 11.3 Å².